The van der Waals surface area contributed by atoms with E-state index in [0.717, 1.165) is 0 Å². The number of non-ortho nitro benzene ring substituents is 1. The molecule has 1 aromatic carbocycles. The number of carbonyl (C=O) groups excluding carboxylic acids is 1. The first-order valence-corrected chi connectivity index (χ1v) is 5.80. The number of rotatable bonds is 3. The van der Waals surface area contributed by atoms with E-state index < -0.39 is 4.92 Å². The molecule has 1 rings (SSSR count). The maximum atomic E-state index is 11.7. The van der Waals surface area contributed by atoms with E-state index in [4.69, 9.17) is 11.6 Å². The highest BCUT2D eigenvalue weighted by Gasteiger charge is 2.18. The van der Waals surface area contributed by atoms with Gasteiger partial charge >= 0.3 is 0 Å². The molecule has 0 bridgehead atoms. The number of hydrogen-bond acceptors (Lipinski definition) is 3. The van der Waals surface area contributed by atoms with Gasteiger partial charge in [0.05, 0.1) is 15.6 Å². The van der Waals surface area contributed by atoms with Crippen molar-refractivity contribution in [1.29, 1.82) is 0 Å². The van der Waals surface area contributed by atoms with Gasteiger partial charge in [-0.1, -0.05) is 32.4 Å². The molecule has 18 heavy (non-hydrogen) atoms. The van der Waals surface area contributed by atoms with Crippen molar-refractivity contribution in [1.82, 2.24) is 0 Å². The zero-order valence-electron chi connectivity index (χ0n) is 10.5. The predicted molar refractivity (Wildman–Crippen MR) is 70.8 cm³/mol. The normalized spacial score (nSPS) is 11.1. The lowest BCUT2D eigenvalue weighted by Gasteiger charge is -2.17. The first-order chi connectivity index (χ1) is 8.19. The molecule has 0 aliphatic rings. The Labute approximate surface area is 110 Å². The smallest absolute Gasteiger partial charge is 0.271 e. The molecule has 1 N–H and O–H groups in total. The van der Waals surface area contributed by atoms with Crippen molar-refractivity contribution in [2.75, 3.05) is 5.32 Å². The number of nitro groups is 1. The van der Waals surface area contributed by atoms with Crippen molar-refractivity contribution in [3.8, 4) is 0 Å². The maximum Gasteiger partial charge on any atom is 0.271 e. The van der Waals surface area contributed by atoms with Crippen molar-refractivity contribution in [2.45, 2.75) is 27.2 Å². The number of hydrogen-bond donors (Lipinski definition) is 1. The zero-order chi connectivity index (χ0) is 13.9. The average molecular weight is 271 g/mol. The summed E-state index contributed by atoms with van der Waals surface area (Å²) in [4.78, 5) is 21.8. The van der Waals surface area contributed by atoms with Crippen molar-refractivity contribution >= 4 is 28.9 Å². The van der Waals surface area contributed by atoms with Crippen molar-refractivity contribution < 1.29 is 9.72 Å². The summed E-state index contributed by atoms with van der Waals surface area (Å²) in [7, 11) is 0. The van der Waals surface area contributed by atoms with Crippen LogP contribution in [-0.4, -0.2) is 10.8 Å². The number of benzene rings is 1. The van der Waals surface area contributed by atoms with E-state index >= 15 is 0 Å². The number of nitro benzene ring substituents is 1. The second-order valence-electron chi connectivity index (χ2n) is 5.21. The van der Waals surface area contributed by atoms with Gasteiger partial charge < -0.3 is 5.32 Å². The van der Waals surface area contributed by atoms with E-state index in [1.165, 1.54) is 18.2 Å². The summed E-state index contributed by atoms with van der Waals surface area (Å²) in [5.41, 5.74) is 0.00246. The first-order valence-electron chi connectivity index (χ1n) is 5.43. The van der Waals surface area contributed by atoms with Gasteiger partial charge in [-0.25, -0.2) is 0 Å². The van der Waals surface area contributed by atoms with Gasteiger partial charge in [-0.15, -0.1) is 0 Å². The number of carbonyl (C=O) groups is 1. The molecule has 1 amide bonds. The van der Waals surface area contributed by atoms with Gasteiger partial charge in [-0.3, -0.25) is 14.9 Å². The minimum Gasteiger partial charge on any atom is -0.325 e. The summed E-state index contributed by atoms with van der Waals surface area (Å²) in [5, 5.41) is 13.5. The molecule has 0 fully saturated rings. The summed E-state index contributed by atoms with van der Waals surface area (Å²) in [5.74, 6) is -0.218. The number of nitrogens with zero attached hydrogens (tertiary/aromatic N) is 1. The number of nitrogens with one attached hydrogen (secondary N) is 1. The van der Waals surface area contributed by atoms with Gasteiger partial charge in [0.2, 0.25) is 5.91 Å². The number of halogens is 1. The molecule has 0 aliphatic carbocycles. The molecule has 0 aliphatic heterocycles. The third-order valence-electron chi connectivity index (χ3n) is 2.13. The maximum absolute atomic E-state index is 11.7. The lowest BCUT2D eigenvalue weighted by molar-refractivity contribution is -0.384. The molecule has 5 nitrogen and oxygen atoms in total. The van der Waals surface area contributed by atoms with Gasteiger partial charge in [-0.05, 0) is 11.5 Å². The van der Waals surface area contributed by atoms with Crippen LogP contribution in [0.15, 0.2) is 18.2 Å². The number of amides is 1. The molecule has 0 saturated carbocycles. The zero-order valence-corrected chi connectivity index (χ0v) is 11.2. The summed E-state index contributed by atoms with van der Waals surface area (Å²) >= 11 is 5.88. The second-order valence-corrected chi connectivity index (χ2v) is 5.61. The third-order valence-corrected chi connectivity index (χ3v) is 2.46. The Balaban J connectivity index is 2.87. The van der Waals surface area contributed by atoms with E-state index in [0.29, 0.717) is 6.42 Å². The molecular formula is C12H15ClN2O3. The molecule has 0 spiro atoms. The molecule has 6 heteroatoms. The molecule has 0 unspecified atom stereocenters. The Morgan fingerprint density at radius 3 is 2.56 bits per heavy atom. The highest BCUT2D eigenvalue weighted by atomic mass is 35.5. The van der Waals surface area contributed by atoms with Crippen molar-refractivity contribution in [3.05, 3.63) is 33.3 Å². The molecular weight excluding hydrogens is 256 g/mol. The summed E-state index contributed by atoms with van der Waals surface area (Å²) < 4.78 is 0. The van der Waals surface area contributed by atoms with Gasteiger partial charge in [0.1, 0.15) is 0 Å². The van der Waals surface area contributed by atoms with Gasteiger partial charge in [-0.2, -0.15) is 0 Å². The van der Waals surface area contributed by atoms with Crippen LogP contribution in [0.1, 0.15) is 27.2 Å². The van der Waals surface area contributed by atoms with Crippen LogP contribution in [0.4, 0.5) is 11.4 Å². The lowest BCUT2D eigenvalue weighted by Crippen LogP contribution is -2.19. The Bertz CT molecular complexity index is 481. The van der Waals surface area contributed by atoms with Crippen molar-refractivity contribution in [3.63, 3.8) is 0 Å². The highest BCUT2D eigenvalue weighted by Crippen LogP contribution is 2.27. The SMILES string of the molecule is CC(C)(C)CC(=O)Nc1cc([N+](=O)[O-])ccc1Cl. The fraction of sp³-hybridized carbons (Fsp3) is 0.417. The Kier molecular flexibility index (Phi) is 4.29. The molecule has 1 aromatic rings. The third kappa shape index (κ3) is 4.33. The van der Waals surface area contributed by atoms with Gasteiger partial charge in [0.25, 0.3) is 5.69 Å². The fourth-order valence-corrected chi connectivity index (χ4v) is 1.56. The standard InChI is InChI=1S/C12H15ClN2O3/c1-12(2,3)7-11(16)14-10-6-8(15(17)18)4-5-9(10)13/h4-6H,7H2,1-3H3,(H,14,16). The van der Waals surface area contributed by atoms with Crippen LogP contribution in [0.5, 0.6) is 0 Å². The second kappa shape index (κ2) is 5.35. The molecule has 0 aromatic heterocycles. The van der Waals surface area contributed by atoms with Crippen molar-refractivity contribution in [2.24, 2.45) is 5.41 Å². The topological polar surface area (TPSA) is 72.2 Å². The van der Waals surface area contributed by atoms with E-state index in [9.17, 15) is 14.9 Å². The predicted octanol–water partition coefficient (Wildman–Crippen LogP) is 3.62. The lowest BCUT2D eigenvalue weighted by atomic mass is 9.92. The highest BCUT2D eigenvalue weighted by molar-refractivity contribution is 6.33. The largest absolute Gasteiger partial charge is 0.325 e. The monoisotopic (exact) mass is 270 g/mol. The molecule has 98 valence electrons. The molecule has 0 atom stereocenters. The molecule has 0 heterocycles. The fourth-order valence-electron chi connectivity index (χ4n) is 1.40. The van der Waals surface area contributed by atoms with E-state index in [1.54, 1.807) is 0 Å². The molecule has 0 radical (unpaired) electrons. The number of anilines is 1. The van der Waals surface area contributed by atoms with Crippen LogP contribution in [0.2, 0.25) is 5.02 Å². The molecule has 0 saturated heterocycles. The van der Waals surface area contributed by atoms with E-state index in [1.807, 2.05) is 20.8 Å². The minimum atomic E-state index is -0.532. The average Bonchev–Trinajstić information content (AvgIpc) is 2.18. The van der Waals surface area contributed by atoms with Crippen LogP contribution in [-0.2, 0) is 4.79 Å². The quantitative estimate of drug-likeness (QED) is 0.673. The Morgan fingerprint density at radius 1 is 1.44 bits per heavy atom. The summed E-state index contributed by atoms with van der Waals surface area (Å²) in [6, 6.07) is 3.94. The minimum absolute atomic E-state index is 0.106. The van der Waals surface area contributed by atoms with Crippen LogP contribution < -0.4 is 5.32 Å². The van der Waals surface area contributed by atoms with Gasteiger partial charge in [0, 0.05) is 18.6 Å². The first kappa shape index (κ1) is 14.4. The summed E-state index contributed by atoms with van der Waals surface area (Å²) in [6.45, 7) is 5.80. The van der Waals surface area contributed by atoms with E-state index in [2.05, 4.69) is 5.32 Å². The van der Waals surface area contributed by atoms with E-state index in [-0.39, 0.29) is 27.7 Å². The Morgan fingerprint density at radius 2 is 2.06 bits per heavy atom. The van der Waals surface area contributed by atoms with Crippen LogP contribution in [0.25, 0.3) is 0 Å². The van der Waals surface area contributed by atoms with Crippen LogP contribution in [0, 0.1) is 15.5 Å². The van der Waals surface area contributed by atoms with Gasteiger partial charge in [0.15, 0.2) is 0 Å². The Hall–Kier alpha value is -1.62. The summed E-state index contributed by atoms with van der Waals surface area (Å²) in [6.07, 6.45) is 0.312. The van der Waals surface area contributed by atoms with Crippen LogP contribution >= 0.6 is 11.6 Å². The van der Waals surface area contributed by atoms with Crippen LogP contribution in [0.3, 0.4) is 0 Å².